The zero-order chi connectivity index (χ0) is 17.1. The van der Waals surface area contributed by atoms with Gasteiger partial charge in [0.1, 0.15) is 0 Å². The van der Waals surface area contributed by atoms with Crippen LogP contribution >= 0.6 is 0 Å². The van der Waals surface area contributed by atoms with Gasteiger partial charge in [0, 0.05) is 37.7 Å². The molecule has 0 radical (unpaired) electrons. The molecule has 0 bridgehead atoms. The molecule has 0 saturated heterocycles. The minimum atomic E-state index is -0.356. The summed E-state index contributed by atoms with van der Waals surface area (Å²) < 4.78 is 1.85. The molecule has 0 aliphatic carbocycles. The summed E-state index contributed by atoms with van der Waals surface area (Å²) in [7, 11) is 1.86. The number of nitrogens with zero attached hydrogens (tertiary/aromatic N) is 4. The Labute approximate surface area is 141 Å². The summed E-state index contributed by atoms with van der Waals surface area (Å²) >= 11 is 0. The lowest BCUT2D eigenvalue weighted by atomic mass is 10.0. The maximum absolute atomic E-state index is 9.52. The Morgan fingerprint density at radius 3 is 2.88 bits per heavy atom. The van der Waals surface area contributed by atoms with E-state index >= 15 is 0 Å². The van der Waals surface area contributed by atoms with E-state index < -0.39 is 0 Å². The Bertz CT molecular complexity index is 841. The lowest BCUT2D eigenvalue weighted by molar-refractivity contribution is 0.177. The van der Waals surface area contributed by atoms with Crippen LogP contribution in [-0.2, 0) is 13.0 Å². The number of pyridine rings is 2. The highest BCUT2D eigenvalue weighted by molar-refractivity contribution is 5.91. The quantitative estimate of drug-likeness (QED) is 0.729. The van der Waals surface area contributed by atoms with Gasteiger partial charge in [0.25, 0.3) is 0 Å². The second-order valence-corrected chi connectivity index (χ2v) is 5.94. The van der Waals surface area contributed by atoms with Gasteiger partial charge in [-0.15, -0.1) is 0 Å². The molecule has 3 heterocycles. The molecule has 0 saturated carbocycles. The third-order valence-corrected chi connectivity index (χ3v) is 4.18. The fourth-order valence-electron chi connectivity index (χ4n) is 2.85. The number of fused-ring (bicyclic) bond motifs is 1. The first-order chi connectivity index (χ1) is 11.6. The third kappa shape index (κ3) is 3.10. The molecule has 126 valence electrons. The number of hydrogen-bond donors (Lipinski definition) is 2. The van der Waals surface area contributed by atoms with Gasteiger partial charge in [-0.1, -0.05) is 6.92 Å². The smallest absolute Gasteiger partial charge is 0.160 e. The Balaban J connectivity index is 2.07. The fourth-order valence-corrected chi connectivity index (χ4v) is 2.85. The first-order valence-corrected chi connectivity index (χ1v) is 8.29. The van der Waals surface area contributed by atoms with E-state index in [0.717, 1.165) is 34.4 Å². The monoisotopic (exact) mass is 325 g/mol. The third-order valence-electron chi connectivity index (χ3n) is 4.18. The topological polar surface area (TPSA) is 75.9 Å². The number of hydrogen-bond acceptors (Lipinski definition) is 5. The van der Waals surface area contributed by atoms with E-state index in [1.165, 1.54) is 5.56 Å². The van der Waals surface area contributed by atoms with Crippen molar-refractivity contribution in [2.45, 2.75) is 39.3 Å². The Kier molecular flexibility index (Phi) is 4.76. The van der Waals surface area contributed by atoms with Gasteiger partial charge in [-0.05, 0) is 43.0 Å². The molecule has 0 aromatic carbocycles. The molecule has 1 atom stereocenters. The molecule has 0 fully saturated rings. The van der Waals surface area contributed by atoms with E-state index in [2.05, 4.69) is 33.4 Å². The lowest BCUT2D eigenvalue weighted by Gasteiger charge is -2.08. The fraction of sp³-hybridized carbons (Fsp3) is 0.389. The number of rotatable bonds is 6. The van der Waals surface area contributed by atoms with Crippen LogP contribution in [0.3, 0.4) is 0 Å². The van der Waals surface area contributed by atoms with Crippen LogP contribution < -0.4 is 5.32 Å². The molecule has 0 aliphatic rings. The normalized spacial score (nSPS) is 12.5. The number of anilines is 1. The second-order valence-electron chi connectivity index (χ2n) is 5.94. The van der Waals surface area contributed by atoms with Crippen molar-refractivity contribution < 1.29 is 5.11 Å². The SMILES string of the molecule is CCc1cnccc1-c1cnc2c(c1)c(NC)nn2CCC(C)O. The molecule has 6 heteroatoms. The number of aliphatic hydroxyl groups excluding tert-OH is 1. The number of aromatic nitrogens is 4. The first-order valence-electron chi connectivity index (χ1n) is 8.29. The largest absolute Gasteiger partial charge is 0.393 e. The predicted octanol–water partition coefficient (Wildman–Crippen LogP) is 2.87. The second kappa shape index (κ2) is 6.97. The van der Waals surface area contributed by atoms with E-state index in [-0.39, 0.29) is 6.10 Å². The summed E-state index contributed by atoms with van der Waals surface area (Å²) in [6, 6.07) is 4.15. The van der Waals surface area contributed by atoms with Crippen LogP contribution in [0.4, 0.5) is 5.82 Å². The average Bonchev–Trinajstić information content (AvgIpc) is 2.97. The van der Waals surface area contributed by atoms with Gasteiger partial charge in [0.15, 0.2) is 11.5 Å². The summed E-state index contributed by atoms with van der Waals surface area (Å²) in [6.07, 6.45) is 6.82. The first kappa shape index (κ1) is 16.4. The van der Waals surface area contributed by atoms with Gasteiger partial charge < -0.3 is 10.4 Å². The maximum Gasteiger partial charge on any atom is 0.160 e. The molecule has 0 amide bonds. The standard InChI is InChI=1S/C18H23N5O/c1-4-13-10-20-7-5-15(13)14-9-16-17(19-3)22-23(8-6-12(2)24)18(16)21-11-14/h5,7,9-12,24H,4,6,8H2,1-3H3,(H,19,22). The summed E-state index contributed by atoms with van der Waals surface area (Å²) in [6.45, 7) is 4.54. The summed E-state index contributed by atoms with van der Waals surface area (Å²) in [5, 5.41) is 18.2. The molecule has 0 spiro atoms. The minimum absolute atomic E-state index is 0.356. The zero-order valence-corrected chi connectivity index (χ0v) is 14.3. The number of aliphatic hydroxyl groups is 1. The molecule has 6 nitrogen and oxygen atoms in total. The van der Waals surface area contributed by atoms with Gasteiger partial charge in [0.05, 0.1) is 11.5 Å². The molecule has 24 heavy (non-hydrogen) atoms. The van der Waals surface area contributed by atoms with E-state index in [4.69, 9.17) is 0 Å². The van der Waals surface area contributed by atoms with Crippen LogP contribution in [0.1, 0.15) is 25.8 Å². The molecule has 0 aliphatic heterocycles. The predicted molar refractivity (Wildman–Crippen MR) is 96.0 cm³/mol. The van der Waals surface area contributed by atoms with Crippen LogP contribution in [0.25, 0.3) is 22.2 Å². The summed E-state index contributed by atoms with van der Waals surface area (Å²) in [4.78, 5) is 8.85. The highest BCUT2D eigenvalue weighted by Crippen LogP contribution is 2.29. The minimum Gasteiger partial charge on any atom is -0.393 e. The van der Waals surface area contributed by atoms with Crippen LogP contribution in [0, 0.1) is 0 Å². The van der Waals surface area contributed by atoms with Crippen LogP contribution in [0.5, 0.6) is 0 Å². The van der Waals surface area contributed by atoms with Crippen LogP contribution in [0.2, 0.25) is 0 Å². The highest BCUT2D eigenvalue weighted by atomic mass is 16.3. The van der Waals surface area contributed by atoms with Crippen molar-refractivity contribution in [3.63, 3.8) is 0 Å². The molecular weight excluding hydrogens is 302 g/mol. The van der Waals surface area contributed by atoms with E-state index in [1.807, 2.05) is 36.4 Å². The van der Waals surface area contributed by atoms with Gasteiger partial charge in [-0.3, -0.25) is 4.98 Å². The van der Waals surface area contributed by atoms with E-state index in [0.29, 0.717) is 13.0 Å². The van der Waals surface area contributed by atoms with Crippen molar-refractivity contribution in [3.8, 4) is 11.1 Å². The van der Waals surface area contributed by atoms with Crippen molar-refractivity contribution in [1.82, 2.24) is 19.7 Å². The molecule has 3 aromatic rings. The van der Waals surface area contributed by atoms with Gasteiger partial charge in [-0.2, -0.15) is 5.10 Å². The zero-order valence-electron chi connectivity index (χ0n) is 14.3. The average molecular weight is 325 g/mol. The molecule has 1 unspecified atom stereocenters. The Morgan fingerprint density at radius 1 is 1.33 bits per heavy atom. The number of nitrogens with one attached hydrogen (secondary N) is 1. The molecule has 2 N–H and O–H groups in total. The summed E-state index contributed by atoms with van der Waals surface area (Å²) in [5.74, 6) is 0.803. The maximum atomic E-state index is 9.52. The molecule has 3 rings (SSSR count). The Morgan fingerprint density at radius 2 is 2.17 bits per heavy atom. The molecule has 3 aromatic heterocycles. The van der Waals surface area contributed by atoms with Gasteiger partial charge in [0.2, 0.25) is 0 Å². The van der Waals surface area contributed by atoms with Gasteiger partial charge in [-0.25, -0.2) is 9.67 Å². The van der Waals surface area contributed by atoms with E-state index in [9.17, 15) is 5.11 Å². The Hall–Kier alpha value is -2.47. The summed E-state index contributed by atoms with van der Waals surface area (Å²) in [5.41, 5.74) is 4.25. The molecular formula is C18H23N5O. The number of aryl methyl sites for hydroxylation is 2. The lowest BCUT2D eigenvalue weighted by Crippen LogP contribution is -2.08. The van der Waals surface area contributed by atoms with Gasteiger partial charge >= 0.3 is 0 Å². The van der Waals surface area contributed by atoms with Crippen molar-refractivity contribution in [1.29, 1.82) is 0 Å². The highest BCUT2D eigenvalue weighted by Gasteiger charge is 2.14. The van der Waals surface area contributed by atoms with Crippen LogP contribution in [-0.4, -0.2) is 38.0 Å². The van der Waals surface area contributed by atoms with Crippen molar-refractivity contribution in [3.05, 3.63) is 36.3 Å². The van der Waals surface area contributed by atoms with Crippen molar-refractivity contribution in [2.24, 2.45) is 0 Å². The van der Waals surface area contributed by atoms with Crippen LogP contribution in [0.15, 0.2) is 30.7 Å². The van der Waals surface area contributed by atoms with E-state index in [1.54, 1.807) is 6.92 Å². The van der Waals surface area contributed by atoms with Crippen molar-refractivity contribution in [2.75, 3.05) is 12.4 Å². The van der Waals surface area contributed by atoms with Crippen molar-refractivity contribution >= 4 is 16.9 Å².